The van der Waals surface area contributed by atoms with E-state index in [4.69, 9.17) is 34.8 Å². The Balaban J connectivity index is 0.000000348. The third-order valence-electron chi connectivity index (χ3n) is 4.14. The molecule has 5 nitrogen and oxygen atoms in total. The third kappa shape index (κ3) is 7.31. The van der Waals surface area contributed by atoms with Crippen molar-refractivity contribution < 1.29 is 36.3 Å². The Hall–Kier alpha value is 0.168. The van der Waals surface area contributed by atoms with Gasteiger partial charge in [0.05, 0.1) is 0 Å². The van der Waals surface area contributed by atoms with Crippen molar-refractivity contribution in [2.45, 2.75) is 51.0 Å². The summed E-state index contributed by atoms with van der Waals surface area (Å²) in [7, 11) is 9.75. The van der Waals surface area contributed by atoms with E-state index in [0.717, 1.165) is 6.42 Å². The quantitative estimate of drug-likeness (QED) is 0.422. The maximum atomic E-state index is 9.43. The molecule has 2 fully saturated rings. The molecule has 2 rings (SSSR count). The molecule has 0 amide bonds. The van der Waals surface area contributed by atoms with E-state index < -0.39 is 34.8 Å². The van der Waals surface area contributed by atoms with Crippen LogP contribution in [0.2, 0.25) is 0 Å². The molecule has 21 heavy (non-hydrogen) atoms. The molecule has 0 heterocycles. The van der Waals surface area contributed by atoms with Crippen molar-refractivity contribution in [2.24, 2.45) is 11.3 Å². The molecule has 0 saturated heterocycles. The van der Waals surface area contributed by atoms with Gasteiger partial charge in [-0.2, -0.15) is 5.92 Å². The summed E-state index contributed by atoms with van der Waals surface area (Å²) in [4.78, 5) is 18.9. The summed E-state index contributed by atoms with van der Waals surface area (Å²) in [6.45, 7) is 4.20. The number of carbonyl (C=O) groups is 2. The van der Waals surface area contributed by atoms with Crippen molar-refractivity contribution in [3.8, 4) is 0 Å². The standard InChI is InChI=1S/C10H17N.C3H4O4.2ClH.Pt/c1-8-4-2-6-10(8)7-3-5-9(10)11;4-2(5)1-3(6)7;;;/h8-9,11H,1-7H2;1H2,(H,4,5)(H,6,7);2*1H;/q-2;;;;+4/p-2/t8-,9+,10-;;;;/m1..../s1. The summed E-state index contributed by atoms with van der Waals surface area (Å²) in [5.74, 6) is -2.03. The fraction of sp³-hybridized carbons (Fsp3) is 0.769. The van der Waals surface area contributed by atoms with Gasteiger partial charge >= 0.3 is 47.3 Å². The first-order valence-electron chi connectivity index (χ1n) is 6.60. The predicted molar refractivity (Wildman–Crippen MR) is 78.7 cm³/mol. The molecule has 2 saturated carbocycles. The predicted octanol–water partition coefficient (Wildman–Crippen LogP) is 4.13. The molecular formula is C13H21Cl2NO4Pt. The van der Waals surface area contributed by atoms with Crippen molar-refractivity contribution in [1.29, 1.82) is 0 Å². The number of carboxylic acid groups (broad SMARTS) is 2. The van der Waals surface area contributed by atoms with Crippen LogP contribution in [0.4, 0.5) is 0 Å². The summed E-state index contributed by atoms with van der Waals surface area (Å²) in [6.07, 6.45) is 6.77. The van der Waals surface area contributed by atoms with E-state index >= 15 is 0 Å². The van der Waals surface area contributed by atoms with Crippen molar-refractivity contribution in [3.05, 3.63) is 12.7 Å². The Bertz CT molecular complexity index is 314. The number of halogens is 2. The van der Waals surface area contributed by atoms with Crippen LogP contribution in [0, 0.1) is 18.3 Å². The molecule has 0 unspecified atom stereocenters. The second-order valence-corrected chi connectivity index (χ2v) is 8.56. The Morgan fingerprint density at radius 3 is 1.86 bits per heavy atom. The number of carboxylic acids is 2. The van der Waals surface area contributed by atoms with Crippen molar-refractivity contribution in [3.63, 3.8) is 0 Å². The monoisotopic (exact) mass is 520 g/mol. The topological polar surface area (TPSA) is 98.4 Å². The van der Waals surface area contributed by atoms with Gasteiger partial charge in [-0.05, 0) is 0 Å². The molecule has 0 bridgehead atoms. The molecule has 3 atom stereocenters. The zero-order valence-electron chi connectivity index (χ0n) is 11.6. The SMILES string of the molecule is O=C(O)CC(=O)O.[CH2-][C@@H]1CCC[C@@]12CCC[C@@H]2[NH-].[Cl][Pt+2][Cl]. The number of aliphatic carboxylic acids is 2. The number of nitrogens with one attached hydrogen (secondary N) is 1. The molecule has 126 valence electrons. The molecule has 8 heteroatoms. The van der Waals surface area contributed by atoms with Crippen LogP contribution in [0.3, 0.4) is 0 Å². The molecule has 3 N–H and O–H groups in total. The van der Waals surface area contributed by atoms with Crippen molar-refractivity contribution in [2.75, 3.05) is 0 Å². The number of hydrogen-bond acceptors (Lipinski definition) is 2. The minimum atomic E-state index is -1.31. The van der Waals surface area contributed by atoms with Crippen LogP contribution < -0.4 is 0 Å². The van der Waals surface area contributed by atoms with E-state index in [0.29, 0.717) is 11.3 Å². The van der Waals surface area contributed by atoms with Gasteiger partial charge in [-0.3, -0.25) is 9.59 Å². The van der Waals surface area contributed by atoms with E-state index in [9.17, 15) is 9.59 Å². The number of hydrogen-bond donors (Lipinski definition) is 2. The molecular weight excluding hydrogens is 500 g/mol. The summed E-state index contributed by atoms with van der Waals surface area (Å²) >= 11 is -0.472. The first-order valence-corrected chi connectivity index (χ1v) is 12.2. The average molecular weight is 521 g/mol. The molecule has 0 aromatic rings. The summed E-state index contributed by atoms with van der Waals surface area (Å²) in [5.41, 5.74) is 8.33. The second-order valence-electron chi connectivity index (χ2n) is 5.28. The van der Waals surface area contributed by atoms with Crippen LogP contribution in [0.25, 0.3) is 5.73 Å². The van der Waals surface area contributed by atoms with Gasteiger partial charge in [0.25, 0.3) is 0 Å². The molecule has 0 aliphatic heterocycles. The van der Waals surface area contributed by atoms with Crippen LogP contribution in [-0.4, -0.2) is 28.2 Å². The van der Waals surface area contributed by atoms with E-state index in [1.54, 1.807) is 0 Å². The van der Waals surface area contributed by atoms with Crippen LogP contribution in [0.15, 0.2) is 0 Å². The van der Waals surface area contributed by atoms with Crippen molar-refractivity contribution >= 4 is 30.8 Å². The fourth-order valence-corrected chi connectivity index (χ4v) is 3.18. The normalized spacial score (nSPS) is 30.3. The third-order valence-corrected chi connectivity index (χ3v) is 4.14. The molecule has 0 aromatic carbocycles. The van der Waals surface area contributed by atoms with Crippen molar-refractivity contribution in [1.82, 2.24) is 0 Å². The molecule has 0 aromatic heterocycles. The van der Waals surface area contributed by atoms with Gasteiger partial charge in [0.15, 0.2) is 0 Å². The summed E-state index contributed by atoms with van der Waals surface area (Å²) < 4.78 is 0. The van der Waals surface area contributed by atoms with Crippen LogP contribution >= 0.6 is 18.8 Å². The first kappa shape index (κ1) is 21.2. The molecule has 0 radical (unpaired) electrons. The zero-order valence-corrected chi connectivity index (χ0v) is 15.4. The van der Waals surface area contributed by atoms with E-state index in [-0.39, 0.29) is 6.04 Å². The Morgan fingerprint density at radius 2 is 1.62 bits per heavy atom. The van der Waals surface area contributed by atoms with Gasteiger partial charge in [0.2, 0.25) is 0 Å². The van der Waals surface area contributed by atoms with E-state index in [2.05, 4.69) is 6.92 Å². The number of rotatable bonds is 2. The minimum absolute atomic E-state index is 0.215. The second kappa shape index (κ2) is 10.8. The van der Waals surface area contributed by atoms with Gasteiger partial charge < -0.3 is 22.9 Å². The molecule has 1 spiro atoms. The summed E-state index contributed by atoms with van der Waals surface area (Å²) in [5, 5.41) is 15.4. The van der Waals surface area contributed by atoms with Gasteiger partial charge in [-0.25, -0.2) is 0 Å². The van der Waals surface area contributed by atoms with Gasteiger partial charge in [-0.1, -0.05) is 43.9 Å². The van der Waals surface area contributed by atoms with E-state index in [1.165, 1.54) is 32.1 Å². The van der Waals surface area contributed by atoms with Gasteiger partial charge in [-0.15, -0.1) is 6.04 Å². The summed E-state index contributed by atoms with van der Waals surface area (Å²) in [6, 6.07) is 0.215. The zero-order chi connectivity index (χ0) is 16.5. The Morgan fingerprint density at radius 1 is 1.19 bits per heavy atom. The maximum absolute atomic E-state index is 9.43. The van der Waals surface area contributed by atoms with Crippen LogP contribution in [0.5, 0.6) is 0 Å². The molecule has 2 aliphatic carbocycles. The fourth-order valence-electron chi connectivity index (χ4n) is 3.18. The average Bonchev–Trinajstić information content (AvgIpc) is 2.89. The van der Waals surface area contributed by atoms with Crippen LogP contribution in [0.1, 0.15) is 44.9 Å². The Labute approximate surface area is 141 Å². The molecule has 2 aliphatic rings. The first-order chi connectivity index (χ1) is 9.80. The Kier molecular flexibility index (Phi) is 10.9. The van der Waals surface area contributed by atoms with Crippen LogP contribution in [-0.2, 0) is 26.1 Å². The van der Waals surface area contributed by atoms with E-state index in [1.807, 2.05) is 0 Å². The van der Waals surface area contributed by atoms with Gasteiger partial charge in [0.1, 0.15) is 6.42 Å². The van der Waals surface area contributed by atoms with Gasteiger partial charge in [0, 0.05) is 0 Å².